The molecule has 0 unspecified atom stereocenters. The van der Waals surface area contributed by atoms with Crippen molar-refractivity contribution in [2.75, 3.05) is 13.1 Å². The molecule has 1 aliphatic heterocycles. The zero-order chi connectivity index (χ0) is 20.3. The van der Waals surface area contributed by atoms with Crippen LogP contribution < -0.4 is 5.73 Å². The molecule has 1 atom stereocenters. The van der Waals surface area contributed by atoms with Gasteiger partial charge in [0.1, 0.15) is 0 Å². The van der Waals surface area contributed by atoms with Crippen molar-refractivity contribution in [3.05, 3.63) is 59.7 Å². The Balaban J connectivity index is 1.86. The number of nitrogens with two attached hydrogens (primary N) is 1. The molecule has 0 radical (unpaired) electrons. The topological polar surface area (TPSA) is 63.4 Å². The van der Waals surface area contributed by atoms with Crippen LogP contribution in [0.4, 0.5) is 13.2 Å². The average Bonchev–Trinajstić information content (AvgIpc) is 3.16. The van der Waals surface area contributed by atoms with Gasteiger partial charge in [-0.15, -0.1) is 0 Å². The quantitative estimate of drug-likeness (QED) is 0.807. The van der Waals surface area contributed by atoms with Crippen molar-refractivity contribution in [3.8, 4) is 23.0 Å². The van der Waals surface area contributed by atoms with E-state index >= 15 is 0 Å². The average molecular weight is 386 g/mol. The minimum Gasteiger partial charge on any atom is -0.369 e. The number of nitrogens with zero attached hydrogens (tertiary/aromatic N) is 1. The summed E-state index contributed by atoms with van der Waals surface area (Å²) >= 11 is 0. The second-order valence-electron chi connectivity index (χ2n) is 6.51. The molecule has 4 nitrogen and oxygen atoms in total. The number of hydrogen-bond acceptors (Lipinski definition) is 2. The smallest absolute Gasteiger partial charge is 0.369 e. The minimum atomic E-state index is -4.56. The summed E-state index contributed by atoms with van der Waals surface area (Å²) in [6.07, 6.45) is -4.09. The van der Waals surface area contributed by atoms with Crippen molar-refractivity contribution < 1.29 is 22.8 Å². The SMILES string of the molecule is NC(=O)[C@@H]1CCN(C(=O)C#Cc2ccc(-c3ccccc3)c(C(F)(F)F)c2)C1. The molecule has 144 valence electrons. The zero-order valence-corrected chi connectivity index (χ0v) is 14.8. The highest BCUT2D eigenvalue weighted by atomic mass is 19.4. The molecular formula is C21H17F3N2O2. The van der Waals surface area contributed by atoms with Crippen molar-refractivity contribution in [2.45, 2.75) is 12.6 Å². The lowest BCUT2D eigenvalue weighted by Crippen LogP contribution is -2.30. The summed E-state index contributed by atoms with van der Waals surface area (Å²) in [7, 11) is 0. The molecule has 1 saturated heterocycles. The van der Waals surface area contributed by atoms with Gasteiger partial charge in [0.15, 0.2) is 0 Å². The van der Waals surface area contributed by atoms with E-state index in [1.807, 2.05) is 0 Å². The van der Waals surface area contributed by atoms with Crippen LogP contribution in [0.3, 0.4) is 0 Å². The van der Waals surface area contributed by atoms with Gasteiger partial charge in [-0.25, -0.2) is 0 Å². The summed E-state index contributed by atoms with van der Waals surface area (Å²) in [6.45, 7) is 0.533. The highest BCUT2D eigenvalue weighted by molar-refractivity contribution is 5.95. The number of benzene rings is 2. The second-order valence-corrected chi connectivity index (χ2v) is 6.51. The minimum absolute atomic E-state index is 0.0498. The lowest BCUT2D eigenvalue weighted by atomic mass is 9.97. The van der Waals surface area contributed by atoms with Gasteiger partial charge in [-0.2, -0.15) is 13.2 Å². The highest BCUT2D eigenvalue weighted by Gasteiger charge is 2.34. The molecule has 0 aromatic heterocycles. The van der Waals surface area contributed by atoms with Crippen LogP contribution in [0.2, 0.25) is 0 Å². The number of likely N-dealkylation sites (tertiary alicyclic amines) is 1. The number of hydrogen-bond donors (Lipinski definition) is 1. The van der Waals surface area contributed by atoms with Crippen LogP contribution in [-0.4, -0.2) is 29.8 Å². The van der Waals surface area contributed by atoms with Gasteiger partial charge < -0.3 is 10.6 Å². The summed E-state index contributed by atoms with van der Waals surface area (Å²) in [4.78, 5) is 24.7. The standard InChI is InChI=1S/C21H17F3N2O2/c22-21(23,24)18-12-14(6-8-17(18)15-4-2-1-3-5-15)7-9-19(27)26-11-10-16(13-26)20(25)28/h1-6,8,12,16H,10-11,13H2,(H2,25,28)/t16-/m1/s1. The summed E-state index contributed by atoms with van der Waals surface area (Å²) in [5, 5.41) is 0. The van der Waals surface area contributed by atoms with Crippen LogP contribution in [0.1, 0.15) is 17.5 Å². The molecule has 2 aromatic carbocycles. The van der Waals surface area contributed by atoms with Gasteiger partial charge in [0.05, 0.1) is 11.5 Å². The molecule has 2 aromatic rings. The first-order valence-electron chi connectivity index (χ1n) is 8.62. The van der Waals surface area contributed by atoms with E-state index in [1.165, 1.54) is 17.0 Å². The molecule has 0 aliphatic carbocycles. The van der Waals surface area contributed by atoms with E-state index in [1.54, 1.807) is 30.3 Å². The number of primary amides is 1. The fraction of sp³-hybridized carbons (Fsp3) is 0.238. The molecule has 3 rings (SSSR count). The van der Waals surface area contributed by atoms with Crippen LogP contribution >= 0.6 is 0 Å². The van der Waals surface area contributed by atoms with Crippen LogP contribution in [0, 0.1) is 17.8 Å². The third-order valence-corrected chi connectivity index (χ3v) is 4.60. The molecular weight excluding hydrogens is 369 g/mol. The van der Waals surface area contributed by atoms with Crippen molar-refractivity contribution in [1.29, 1.82) is 0 Å². The Labute approximate surface area is 160 Å². The Hall–Kier alpha value is -3.27. The Kier molecular flexibility index (Phi) is 5.41. The number of alkyl halides is 3. The van der Waals surface area contributed by atoms with Crippen molar-refractivity contribution in [2.24, 2.45) is 11.7 Å². The third kappa shape index (κ3) is 4.34. The number of halogens is 3. The maximum absolute atomic E-state index is 13.5. The molecule has 0 saturated carbocycles. The third-order valence-electron chi connectivity index (χ3n) is 4.60. The number of carbonyl (C=O) groups is 2. The normalized spacial score (nSPS) is 16.4. The van der Waals surface area contributed by atoms with Crippen molar-refractivity contribution in [1.82, 2.24) is 4.90 Å². The molecule has 0 bridgehead atoms. The Bertz CT molecular complexity index is 959. The fourth-order valence-electron chi connectivity index (χ4n) is 3.11. The van der Waals surface area contributed by atoms with Gasteiger partial charge in [-0.1, -0.05) is 42.3 Å². The van der Waals surface area contributed by atoms with E-state index in [0.717, 1.165) is 6.07 Å². The largest absolute Gasteiger partial charge is 0.417 e. The fourth-order valence-corrected chi connectivity index (χ4v) is 3.11. The number of rotatable bonds is 2. The van der Waals surface area contributed by atoms with E-state index in [9.17, 15) is 22.8 Å². The number of amides is 2. The van der Waals surface area contributed by atoms with E-state index in [4.69, 9.17) is 5.73 Å². The van der Waals surface area contributed by atoms with Gasteiger partial charge in [-0.05, 0) is 29.7 Å². The van der Waals surface area contributed by atoms with E-state index in [2.05, 4.69) is 11.8 Å². The first-order valence-corrected chi connectivity index (χ1v) is 8.62. The highest BCUT2D eigenvalue weighted by Crippen LogP contribution is 2.37. The van der Waals surface area contributed by atoms with E-state index in [0.29, 0.717) is 18.5 Å². The maximum atomic E-state index is 13.5. The predicted molar refractivity (Wildman–Crippen MR) is 97.6 cm³/mol. The van der Waals surface area contributed by atoms with Crippen LogP contribution in [0.25, 0.3) is 11.1 Å². The van der Waals surface area contributed by atoms with Gasteiger partial charge >= 0.3 is 6.18 Å². The lowest BCUT2D eigenvalue weighted by molar-refractivity contribution is -0.137. The Morgan fingerprint density at radius 3 is 2.43 bits per heavy atom. The summed E-state index contributed by atoms with van der Waals surface area (Å²) in [6, 6.07) is 12.0. The maximum Gasteiger partial charge on any atom is 0.417 e. The van der Waals surface area contributed by atoms with Gasteiger partial charge in [-0.3, -0.25) is 9.59 Å². The molecule has 0 spiro atoms. The monoisotopic (exact) mass is 386 g/mol. The Morgan fingerprint density at radius 1 is 1.11 bits per heavy atom. The molecule has 7 heteroatoms. The van der Waals surface area contributed by atoms with Crippen LogP contribution in [0.5, 0.6) is 0 Å². The van der Waals surface area contributed by atoms with Gasteiger partial charge in [0.2, 0.25) is 5.91 Å². The lowest BCUT2D eigenvalue weighted by Gasteiger charge is -2.14. The number of carbonyl (C=O) groups excluding carboxylic acids is 2. The van der Waals surface area contributed by atoms with Crippen LogP contribution in [-0.2, 0) is 15.8 Å². The molecule has 2 N–H and O–H groups in total. The molecule has 1 heterocycles. The van der Waals surface area contributed by atoms with Gasteiger partial charge in [0, 0.05) is 24.6 Å². The Morgan fingerprint density at radius 2 is 1.82 bits per heavy atom. The predicted octanol–water partition coefficient (Wildman–Crippen LogP) is 3.06. The molecule has 1 aliphatic rings. The van der Waals surface area contributed by atoms with Crippen molar-refractivity contribution in [3.63, 3.8) is 0 Å². The molecule has 28 heavy (non-hydrogen) atoms. The molecule has 2 amide bonds. The van der Waals surface area contributed by atoms with E-state index in [-0.39, 0.29) is 17.7 Å². The first kappa shape index (κ1) is 19.5. The summed E-state index contributed by atoms with van der Waals surface area (Å²) in [5.41, 5.74) is 5.00. The zero-order valence-electron chi connectivity index (χ0n) is 14.8. The second kappa shape index (κ2) is 7.77. The summed E-state index contributed by atoms with van der Waals surface area (Å²) < 4.78 is 40.5. The summed E-state index contributed by atoms with van der Waals surface area (Å²) in [5.74, 6) is 3.43. The first-order chi connectivity index (χ1) is 13.3. The van der Waals surface area contributed by atoms with Crippen molar-refractivity contribution >= 4 is 11.8 Å². The van der Waals surface area contributed by atoms with Crippen LogP contribution in [0.15, 0.2) is 48.5 Å². The molecule has 1 fully saturated rings. The van der Waals surface area contributed by atoms with E-state index < -0.39 is 29.5 Å². The van der Waals surface area contributed by atoms with Gasteiger partial charge in [0.25, 0.3) is 5.91 Å².